The predicted octanol–water partition coefficient (Wildman–Crippen LogP) is 0.357. The van der Waals surface area contributed by atoms with E-state index in [1.165, 1.54) is 0 Å². The number of carboxylic acid groups (broad SMARTS) is 1. The van der Waals surface area contributed by atoms with Crippen LogP contribution in [-0.4, -0.2) is 70.1 Å². The number of rotatable bonds is 10. The third-order valence-corrected chi connectivity index (χ3v) is 4.46. The van der Waals surface area contributed by atoms with Gasteiger partial charge in [0.2, 0.25) is 11.7 Å². The van der Waals surface area contributed by atoms with Crippen LogP contribution in [0.15, 0.2) is 24.4 Å². The summed E-state index contributed by atoms with van der Waals surface area (Å²) < 4.78 is 0. The van der Waals surface area contributed by atoms with E-state index in [0.717, 1.165) is 16.6 Å². The van der Waals surface area contributed by atoms with Gasteiger partial charge in [0.25, 0.3) is 0 Å². The van der Waals surface area contributed by atoms with Gasteiger partial charge in [-0.3, -0.25) is 9.59 Å². The highest BCUT2D eigenvalue weighted by Crippen LogP contribution is 2.29. The van der Waals surface area contributed by atoms with Crippen LogP contribution in [0.1, 0.15) is 18.4 Å². The lowest BCUT2D eigenvalue weighted by Gasteiger charge is -2.18. The maximum Gasteiger partial charge on any atom is 0.326 e. The van der Waals surface area contributed by atoms with Gasteiger partial charge in [-0.05, 0) is 24.1 Å². The number of nitrogens with zero attached hydrogens (tertiary/aromatic N) is 3. The number of carbonyl (C=O) groups is 3. The van der Waals surface area contributed by atoms with Crippen molar-refractivity contribution in [3.05, 3.63) is 35.5 Å². The fraction of sp³-hybridized carbons (Fsp3) is 0.368. The number of benzene rings is 1. The molecule has 1 amide bonds. The van der Waals surface area contributed by atoms with Crippen molar-refractivity contribution in [3.8, 4) is 0 Å². The van der Waals surface area contributed by atoms with E-state index in [9.17, 15) is 24.6 Å². The number of Topliss-reactive ketones (excluding diaryl/α,β-unsaturated/α-hetero) is 1. The summed E-state index contributed by atoms with van der Waals surface area (Å²) in [6.07, 6.45) is 0.451. The van der Waals surface area contributed by atoms with Crippen molar-refractivity contribution < 1.29 is 29.4 Å². The molecule has 0 unspecified atom stereocenters. The number of hydrogen-bond acceptors (Lipinski definition) is 5. The van der Waals surface area contributed by atoms with Crippen LogP contribution in [0.25, 0.3) is 16.4 Å². The summed E-state index contributed by atoms with van der Waals surface area (Å²) in [5.74, 6) is -2.76. The molecule has 2 aromatic rings. The summed E-state index contributed by atoms with van der Waals surface area (Å²) in [7, 11) is 3.77. The number of anilines is 1. The van der Waals surface area contributed by atoms with E-state index in [0.29, 0.717) is 11.8 Å². The smallest absolute Gasteiger partial charge is 0.326 e. The Labute approximate surface area is 166 Å². The highest BCUT2D eigenvalue weighted by molar-refractivity contribution is 6.25. The van der Waals surface area contributed by atoms with E-state index >= 15 is 0 Å². The van der Waals surface area contributed by atoms with Crippen molar-refractivity contribution in [3.63, 3.8) is 0 Å². The van der Waals surface area contributed by atoms with E-state index in [1.807, 2.05) is 37.2 Å². The molecule has 1 aromatic heterocycles. The number of hydrogen-bond donors (Lipinski definition) is 4. The lowest BCUT2D eigenvalue weighted by molar-refractivity contribution is -0.143. The zero-order valence-corrected chi connectivity index (χ0v) is 16.1. The molecule has 0 bridgehead atoms. The number of H-pyrrole nitrogens is 1. The molecular formula is C19H23N5O5. The Balaban J connectivity index is 2.10. The molecule has 0 aliphatic rings. The summed E-state index contributed by atoms with van der Waals surface area (Å²) in [6.45, 7) is 0. The van der Waals surface area contributed by atoms with E-state index in [4.69, 9.17) is 5.53 Å². The van der Waals surface area contributed by atoms with Crippen LogP contribution < -0.4 is 10.2 Å². The van der Waals surface area contributed by atoms with Gasteiger partial charge in [0, 0.05) is 49.7 Å². The zero-order valence-electron chi connectivity index (χ0n) is 16.1. The number of amides is 1. The third kappa shape index (κ3) is 5.50. The van der Waals surface area contributed by atoms with Crippen LogP contribution >= 0.6 is 0 Å². The van der Waals surface area contributed by atoms with Gasteiger partial charge in [-0.1, -0.05) is 6.07 Å². The van der Waals surface area contributed by atoms with Gasteiger partial charge in [0.05, 0.1) is 0 Å². The molecule has 1 aromatic carbocycles. The topological polar surface area (TPSA) is 159 Å². The maximum atomic E-state index is 12.3. The van der Waals surface area contributed by atoms with E-state index < -0.39 is 29.8 Å². The average molecular weight is 401 g/mol. The van der Waals surface area contributed by atoms with Crippen LogP contribution in [0.5, 0.6) is 0 Å². The number of fused-ring (bicyclic) bond motifs is 1. The minimum absolute atomic E-state index is 0.0148. The molecule has 10 heteroatoms. The molecule has 29 heavy (non-hydrogen) atoms. The van der Waals surface area contributed by atoms with E-state index in [2.05, 4.69) is 15.1 Å². The van der Waals surface area contributed by atoms with Crippen molar-refractivity contribution >= 4 is 40.5 Å². The summed E-state index contributed by atoms with van der Waals surface area (Å²) in [4.78, 5) is 42.6. The largest absolute Gasteiger partial charge is 0.480 e. The number of ketones is 1. The van der Waals surface area contributed by atoms with Gasteiger partial charge < -0.3 is 30.9 Å². The number of aliphatic carboxylic acids is 1. The van der Waals surface area contributed by atoms with Gasteiger partial charge in [0.1, 0.15) is 12.1 Å². The SMILES string of the molecule is CN(C)c1cccc2[nH]cc(C[C@H](O)C(=O)N[C@@H](CCC(=O)C=[N+]=[N-])C(=O)O)c12. The lowest BCUT2D eigenvalue weighted by atomic mass is 10.0. The van der Waals surface area contributed by atoms with Gasteiger partial charge in [-0.2, -0.15) is 4.79 Å². The van der Waals surface area contributed by atoms with Gasteiger partial charge in [0.15, 0.2) is 0 Å². The van der Waals surface area contributed by atoms with Gasteiger partial charge >= 0.3 is 12.2 Å². The molecule has 4 N–H and O–H groups in total. The number of nitrogens with one attached hydrogen (secondary N) is 2. The second-order valence-electron chi connectivity index (χ2n) is 6.78. The molecule has 0 saturated heterocycles. The highest BCUT2D eigenvalue weighted by atomic mass is 16.4. The van der Waals surface area contributed by atoms with Crippen LogP contribution in [0, 0.1) is 0 Å². The first-order valence-corrected chi connectivity index (χ1v) is 8.92. The van der Waals surface area contributed by atoms with Crippen molar-refractivity contribution in [1.29, 1.82) is 0 Å². The Hall–Kier alpha value is -3.49. The summed E-state index contributed by atoms with van der Waals surface area (Å²) in [6, 6.07) is 4.33. The standard InChI is InChI=1S/C19H23N5O5/c1-24(2)15-5-3-4-13-17(15)11(9-21-13)8-16(26)18(27)23-14(19(28)29)7-6-12(25)10-22-20/h3-5,9-10,14,16,21,26H,6-8H2,1-2H3,(H,23,27)(H,28,29)/t14-,16-/m0/s1. The van der Waals surface area contributed by atoms with Gasteiger partial charge in [-0.25, -0.2) is 4.79 Å². The van der Waals surface area contributed by atoms with Crippen LogP contribution in [0.4, 0.5) is 5.69 Å². The predicted molar refractivity (Wildman–Crippen MR) is 106 cm³/mol. The fourth-order valence-electron chi connectivity index (χ4n) is 3.01. The van der Waals surface area contributed by atoms with Crippen LogP contribution in [-0.2, 0) is 20.8 Å². The maximum absolute atomic E-state index is 12.3. The average Bonchev–Trinajstić information content (AvgIpc) is 3.07. The number of aliphatic hydroxyl groups excluding tert-OH is 1. The van der Waals surface area contributed by atoms with Crippen molar-refractivity contribution in [2.24, 2.45) is 0 Å². The molecule has 0 radical (unpaired) electrons. The van der Waals surface area contributed by atoms with Crippen LogP contribution in [0.2, 0.25) is 0 Å². The first-order chi connectivity index (χ1) is 13.7. The fourth-order valence-corrected chi connectivity index (χ4v) is 3.01. The van der Waals surface area contributed by atoms with Crippen molar-refractivity contribution in [2.75, 3.05) is 19.0 Å². The normalized spacial score (nSPS) is 12.7. The molecule has 0 spiro atoms. The van der Waals surface area contributed by atoms with Crippen molar-refractivity contribution in [2.45, 2.75) is 31.4 Å². The minimum atomic E-state index is -1.47. The molecule has 0 aliphatic carbocycles. The Morgan fingerprint density at radius 2 is 2.07 bits per heavy atom. The van der Waals surface area contributed by atoms with Crippen LogP contribution in [0.3, 0.4) is 0 Å². The monoisotopic (exact) mass is 401 g/mol. The number of aliphatic hydroxyl groups is 1. The Morgan fingerprint density at radius 3 is 2.69 bits per heavy atom. The summed E-state index contributed by atoms with van der Waals surface area (Å²) in [5.41, 5.74) is 10.8. The number of carbonyl (C=O) groups excluding carboxylic acids is 2. The molecule has 0 saturated carbocycles. The number of aromatic nitrogens is 1. The molecule has 154 valence electrons. The summed E-state index contributed by atoms with van der Waals surface area (Å²) >= 11 is 0. The Bertz CT molecular complexity index is 961. The molecule has 0 fully saturated rings. The second kappa shape index (κ2) is 9.63. The molecular weight excluding hydrogens is 378 g/mol. The Morgan fingerprint density at radius 1 is 1.34 bits per heavy atom. The van der Waals surface area contributed by atoms with E-state index in [1.54, 1.807) is 6.20 Å². The molecule has 2 atom stereocenters. The number of aromatic amines is 1. The van der Waals surface area contributed by atoms with E-state index in [-0.39, 0.29) is 19.3 Å². The Kier molecular flexibility index (Phi) is 7.24. The first-order valence-electron chi connectivity index (χ1n) is 8.92. The summed E-state index contributed by atoms with van der Waals surface area (Å²) in [5, 5.41) is 22.7. The van der Waals surface area contributed by atoms with Gasteiger partial charge in [-0.15, -0.1) is 0 Å². The molecule has 10 nitrogen and oxygen atoms in total. The minimum Gasteiger partial charge on any atom is -0.480 e. The molecule has 0 aliphatic heterocycles. The zero-order chi connectivity index (χ0) is 21.6. The first kappa shape index (κ1) is 21.8. The lowest BCUT2D eigenvalue weighted by Crippen LogP contribution is -2.46. The third-order valence-electron chi connectivity index (χ3n) is 4.46. The number of carboxylic acids is 1. The molecule has 1 heterocycles. The second-order valence-corrected chi connectivity index (χ2v) is 6.78. The quantitative estimate of drug-likeness (QED) is 0.255. The van der Waals surface area contributed by atoms with Crippen molar-refractivity contribution in [1.82, 2.24) is 10.3 Å². The molecule has 2 rings (SSSR count). The highest BCUT2D eigenvalue weighted by Gasteiger charge is 2.26.